The number of hydrogen-bond acceptors (Lipinski definition) is 5. The van der Waals surface area contributed by atoms with Crippen molar-refractivity contribution in [1.29, 1.82) is 0 Å². The Kier molecular flexibility index (Phi) is 5.96. The standard InChI is InChI=1S/C19H26N2O5/c1-14-5-2-3-9-21(14)17(22)13-26-19(24)15-7-10-20(11-8-15)18(23)16-6-4-12-25-16/h4,6,12,14-15H,2-3,5,7-11,13H2,1H3. The van der Waals surface area contributed by atoms with Crippen LogP contribution < -0.4 is 0 Å². The van der Waals surface area contributed by atoms with E-state index in [0.29, 0.717) is 31.7 Å². The molecular formula is C19H26N2O5. The molecule has 0 radical (unpaired) electrons. The van der Waals surface area contributed by atoms with Crippen molar-refractivity contribution in [1.82, 2.24) is 9.80 Å². The SMILES string of the molecule is CC1CCCCN1C(=O)COC(=O)C1CCN(C(=O)c2ccco2)CC1. The molecule has 0 bridgehead atoms. The Hall–Kier alpha value is -2.31. The molecule has 0 aliphatic carbocycles. The van der Waals surface area contributed by atoms with Gasteiger partial charge in [-0.2, -0.15) is 0 Å². The minimum atomic E-state index is -0.340. The monoisotopic (exact) mass is 362 g/mol. The van der Waals surface area contributed by atoms with Gasteiger partial charge in [-0.3, -0.25) is 14.4 Å². The van der Waals surface area contributed by atoms with Crippen LogP contribution in [0, 0.1) is 5.92 Å². The summed E-state index contributed by atoms with van der Waals surface area (Å²) < 4.78 is 10.4. The molecule has 0 saturated carbocycles. The van der Waals surface area contributed by atoms with Crippen molar-refractivity contribution >= 4 is 17.8 Å². The number of carbonyl (C=O) groups is 3. The van der Waals surface area contributed by atoms with Crippen molar-refractivity contribution in [2.75, 3.05) is 26.2 Å². The molecule has 26 heavy (non-hydrogen) atoms. The van der Waals surface area contributed by atoms with Crippen LogP contribution in [0.25, 0.3) is 0 Å². The highest BCUT2D eigenvalue weighted by atomic mass is 16.5. The molecule has 2 amide bonds. The maximum atomic E-state index is 12.3. The van der Waals surface area contributed by atoms with Gasteiger partial charge in [-0.05, 0) is 51.2 Å². The summed E-state index contributed by atoms with van der Waals surface area (Å²) in [6.45, 7) is 3.55. The zero-order chi connectivity index (χ0) is 18.5. The first-order chi connectivity index (χ1) is 12.6. The van der Waals surface area contributed by atoms with Gasteiger partial charge in [0, 0.05) is 25.7 Å². The zero-order valence-corrected chi connectivity index (χ0v) is 15.2. The number of furan rings is 1. The van der Waals surface area contributed by atoms with E-state index in [1.54, 1.807) is 21.9 Å². The summed E-state index contributed by atoms with van der Waals surface area (Å²) in [5.41, 5.74) is 0. The van der Waals surface area contributed by atoms with Gasteiger partial charge in [0.15, 0.2) is 12.4 Å². The predicted octanol–water partition coefficient (Wildman–Crippen LogP) is 2.08. The third-order valence-corrected chi connectivity index (χ3v) is 5.31. The van der Waals surface area contributed by atoms with Gasteiger partial charge < -0.3 is 19.0 Å². The van der Waals surface area contributed by atoms with E-state index in [0.717, 1.165) is 25.8 Å². The summed E-state index contributed by atoms with van der Waals surface area (Å²) in [6.07, 6.45) is 5.70. The molecule has 0 spiro atoms. The van der Waals surface area contributed by atoms with Crippen LogP contribution in [0.2, 0.25) is 0 Å². The van der Waals surface area contributed by atoms with E-state index in [2.05, 4.69) is 0 Å². The number of rotatable bonds is 4. The minimum absolute atomic E-state index is 0.115. The van der Waals surface area contributed by atoms with Gasteiger partial charge in [0.25, 0.3) is 11.8 Å². The lowest BCUT2D eigenvalue weighted by Gasteiger charge is -2.33. The second kappa shape index (κ2) is 8.38. The molecule has 1 unspecified atom stereocenters. The van der Waals surface area contributed by atoms with Gasteiger partial charge in [0.05, 0.1) is 12.2 Å². The first kappa shape index (κ1) is 18.5. The number of carbonyl (C=O) groups excluding carboxylic acids is 3. The summed E-state index contributed by atoms with van der Waals surface area (Å²) in [4.78, 5) is 40.2. The van der Waals surface area contributed by atoms with Crippen molar-refractivity contribution in [3.8, 4) is 0 Å². The largest absolute Gasteiger partial charge is 0.459 e. The first-order valence-corrected chi connectivity index (χ1v) is 9.35. The summed E-state index contributed by atoms with van der Waals surface area (Å²) in [5.74, 6) is -0.560. The molecule has 3 heterocycles. The van der Waals surface area contributed by atoms with Gasteiger partial charge in [-0.25, -0.2) is 0 Å². The Morgan fingerprint density at radius 3 is 2.58 bits per heavy atom. The highest BCUT2D eigenvalue weighted by Gasteiger charge is 2.31. The van der Waals surface area contributed by atoms with Crippen LogP contribution >= 0.6 is 0 Å². The van der Waals surface area contributed by atoms with Crippen molar-refractivity contribution in [3.05, 3.63) is 24.2 Å². The number of amides is 2. The van der Waals surface area contributed by atoms with Crippen molar-refractivity contribution in [2.24, 2.45) is 5.92 Å². The number of nitrogens with zero attached hydrogens (tertiary/aromatic N) is 2. The van der Waals surface area contributed by atoms with Crippen LogP contribution in [0.5, 0.6) is 0 Å². The van der Waals surface area contributed by atoms with Crippen LogP contribution in [-0.4, -0.2) is 59.9 Å². The van der Waals surface area contributed by atoms with E-state index in [-0.39, 0.29) is 36.4 Å². The second-order valence-corrected chi connectivity index (χ2v) is 7.08. The molecule has 2 aliphatic heterocycles. The van der Waals surface area contributed by atoms with Crippen LogP contribution in [0.15, 0.2) is 22.8 Å². The molecule has 2 aliphatic rings. The molecule has 142 valence electrons. The second-order valence-electron chi connectivity index (χ2n) is 7.08. The van der Waals surface area contributed by atoms with Crippen LogP contribution in [0.4, 0.5) is 0 Å². The molecule has 7 heteroatoms. The summed E-state index contributed by atoms with van der Waals surface area (Å²) in [7, 11) is 0. The van der Waals surface area contributed by atoms with Gasteiger partial charge in [-0.15, -0.1) is 0 Å². The number of ether oxygens (including phenoxy) is 1. The number of hydrogen-bond donors (Lipinski definition) is 0. The predicted molar refractivity (Wildman–Crippen MR) is 93.3 cm³/mol. The quantitative estimate of drug-likeness (QED) is 0.766. The summed E-state index contributed by atoms with van der Waals surface area (Å²) in [6, 6.07) is 3.53. The van der Waals surface area contributed by atoms with E-state index < -0.39 is 0 Å². The highest BCUT2D eigenvalue weighted by Crippen LogP contribution is 2.21. The molecule has 0 aromatic carbocycles. The van der Waals surface area contributed by atoms with E-state index in [9.17, 15) is 14.4 Å². The van der Waals surface area contributed by atoms with Crippen LogP contribution in [-0.2, 0) is 14.3 Å². The lowest BCUT2D eigenvalue weighted by atomic mass is 9.97. The average molecular weight is 362 g/mol. The third kappa shape index (κ3) is 4.26. The number of piperidine rings is 2. The third-order valence-electron chi connectivity index (χ3n) is 5.31. The Morgan fingerprint density at radius 1 is 1.15 bits per heavy atom. The van der Waals surface area contributed by atoms with Gasteiger partial charge in [0.2, 0.25) is 0 Å². The molecule has 0 N–H and O–H groups in total. The Balaban J connectivity index is 1.42. The smallest absolute Gasteiger partial charge is 0.309 e. The van der Waals surface area contributed by atoms with E-state index >= 15 is 0 Å². The summed E-state index contributed by atoms with van der Waals surface area (Å²) >= 11 is 0. The normalized spacial score (nSPS) is 21.5. The maximum absolute atomic E-state index is 12.3. The topological polar surface area (TPSA) is 80.1 Å². The molecule has 1 aromatic rings. The molecule has 1 aromatic heterocycles. The van der Waals surface area contributed by atoms with Crippen LogP contribution in [0.1, 0.15) is 49.6 Å². The lowest BCUT2D eigenvalue weighted by molar-refractivity contribution is -0.157. The van der Waals surface area contributed by atoms with Crippen LogP contribution in [0.3, 0.4) is 0 Å². The fraction of sp³-hybridized carbons (Fsp3) is 0.632. The average Bonchev–Trinajstić information content (AvgIpc) is 3.20. The number of likely N-dealkylation sites (tertiary alicyclic amines) is 2. The van der Waals surface area contributed by atoms with Crippen molar-refractivity contribution in [3.63, 3.8) is 0 Å². The van der Waals surface area contributed by atoms with Gasteiger partial charge >= 0.3 is 5.97 Å². The van der Waals surface area contributed by atoms with Gasteiger partial charge in [0.1, 0.15) is 0 Å². The van der Waals surface area contributed by atoms with Gasteiger partial charge in [-0.1, -0.05) is 0 Å². The van der Waals surface area contributed by atoms with E-state index in [1.807, 2.05) is 6.92 Å². The molecule has 1 atom stereocenters. The summed E-state index contributed by atoms with van der Waals surface area (Å²) in [5, 5.41) is 0. The Labute approximate surface area is 153 Å². The fourth-order valence-corrected chi connectivity index (χ4v) is 3.68. The fourth-order valence-electron chi connectivity index (χ4n) is 3.68. The number of esters is 1. The highest BCUT2D eigenvalue weighted by molar-refractivity contribution is 5.91. The molecule has 3 rings (SSSR count). The van der Waals surface area contributed by atoms with E-state index in [1.165, 1.54) is 6.26 Å². The van der Waals surface area contributed by atoms with Crippen molar-refractivity contribution < 1.29 is 23.5 Å². The molecular weight excluding hydrogens is 336 g/mol. The maximum Gasteiger partial charge on any atom is 0.309 e. The first-order valence-electron chi connectivity index (χ1n) is 9.35. The van der Waals surface area contributed by atoms with E-state index in [4.69, 9.17) is 9.15 Å². The Morgan fingerprint density at radius 2 is 1.92 bits per heavy atom. The van der Waals surface area contributed by atoms with Crippen molar-refractivity contribution in [2.45, 2.75) is 45.1 Å². The molecule has 2 fully saturated rings. The molecule has 2 saturated heterocycles. The lowest BCUT2D eigenvalue weighted by Crippen LogP contribution is -2.45. The Bertz CT molecular complexity index is 634. The molecule has 7 nitrogen and oxygen atoms in total. The zero-order valence-electron chi connectivity index (χ0n) is 15.2. The minimum Gasteiger partial charge on any atom is -0.459 e.